The number of hydrogen-bond donors (Lipinski definition) is 0. The molecule has 0 N–H and O–H groups in total. The quantitative estimate of drug-likeness (QED) is 0.719. The summed E-state index contributed by atoms with van der Waals surface area (Å²) in [6, 6.07) is 2.10. The Balaban J connectivity index is 2.21. The lowest BCUT2D eigenvalue weighted by molar-refractivity contribution is -0.149. The number of carbonyl (C=O) groups excluding carboxylic acids is 1. The SMILES string of the molecule is Cc1cc2n(c1)CCCC2C(=O)OC(C)C. The van der Waals surface area contributed by atoms with Crippen molar-refractivity contribution >= 4 is 5.97 Å². The molecule has 2 heterocycles. The highest BCUT2D eigenvalue weighted by Crippen LogP contribution is 2.30. The third-order valence-corrected chi connectivity index (χ3v) is 2.95. The van der Waals surface area contributed by atoms with Crippen molar-refractivity contribution in [1.29, 1.82) is 0 Å². The summed E-state index contributed by atoms with van der Waals surface area (Å²) in [6.07, 6.45) is 4.05. The second-order valence-electron chi connectivity index (χ2n) is 4.82. The standard InChI is InChI=1S/C13H19NO2/c1-9(2)16-13(15)11-5-4-6-14-8-10(3)7-12(11)14/h7-9,11H,4-6H2,1-3H3. The van der Waals surface area contributed by atoms with E-state index in [1.54, 1.807) is 0 Å². The van der Waals surface area contributed by atoms with E-state index in [-0.39, 0.29) is 18.0 Å². The third-order valence-electron chi connectivity index (χ3n) is 2.95. The number of aryl methyl sites for hydroxylation is 2. The first kappa shape index (κ1) is 11.2. The molecule has 1 aromatic heterocycles. The van der Waals surface area contributed by atoms with Gasteiger partial charge in [0.1, 0.15) is 0 Å². The van der Waals surface area contributed by atoms with Gasteiger partial charge in [0.25, 0.3) is 0 Å². The van der Waals surface area contributed by atoms with Crippen molar-refractivity contribution in [3.8, 4) is 0 Å². The van der Waals surface area contributed by atoms with Crippen LogP contribution in [0.2, 0.25) is 0 Å². The van der Waals surface area contributed by atoms with Crippen LogP contribution in [0.3, 0.4) is 0 Å². The van der Waals surface area contributed by atoms with Crippen LogP contribution in [0, 0.1) is 6.92 Å². The maximum absolute atomic E-state index is 11.9. The van der Waals surface area contributed by atoms with Gasteiger partial charge < -0.3 is 9.30 Å². The molecule has 3 nitrogen and oxygen atoms in total. The van der Waals surface area contributed by atoms with Gasteiger partial charge in [0.2, 0.25) is 0 Å². The normalized spacial score (nSPS) is 19.6. The number of esters is 1. The summed E-state index contributed by atoms with van der Waals surface area (Å²) in [4.78, 5) is 11.9. The molecule has 0 radical (unpaired) electrons. The van der Waals surface area contributed by atoms with Gasteiger partial charge in [-0.25, -0.2) is 0 Å². The van der Waals surface area contributed by atoms with E-state index < -0.39 is 0 Å². The summed E-state index contributed by atoms with van der Waals surface area (Å²) < 4.78 is 7.49. The second kappa shape index (κ2) is 4.32. The monoisotopic (exact) mass is 221 g/mol. The number of hydrogen-bond acceptors (Lipinski definition) is 2. The van der Waals surface area contributed by atoms with Crippen LogP contribution in [0.4, 0.5) is 0 Å². The predicted octanol–water partition coefficient (Wildman–Crippen LogP) is 2.63. The molecular weight excluding hydrogens is 202 g/mol. The minimum atomic E-state index is -0.0750. The van der Waals surface area contributed by atoms with Gasteiger partial charge in [0.05, 0.1) is 12.0 Å². The van der Waals surface area contributed by atoms with E-state index in [0.717, 1.165) is 25.1 Å². The smallest absolute Gasteiger partial charge is 0.315 e. The summed E-state index contributed by atoms with van der Waals surface area (Å²) in [5, 5.41) is 0. The van der Waals surface area contributed by atoms with Gasteiger partial charge in [-0.15, -0.1) is 0 Å². The zero-order chi connectivity index (χ0) is 11.7. The number of fused-ring (bicyclic) bond motifs is 1. The Morgan fingerprint density at radius 3 is 3.00 bits per heavy atom. The van der Waals surface area contributed by atoms with Gasteiger partial charge in [-0.3, -0.25) is 4.79 Å². The lowest BCUT2D eigenvalue weighted by Gasteiger charge is -2.24. The van der Waals surface area contributed by atoms with Crippen molar-refractivity contribution in [1.82, 2.24) is 4.57 Å². The van der Waals surface area contributed by atoms with Crippen molar-refractivity contribution in [2.75, 3.05) is 0 Å². The molecule has 1 aliphatic heterocycles. The molecule has 88 valence electrons. The van der Waals surface area contributed by atoms with Crippen molar-refractivity contribution in [3.05, 3.63) is 23.5 Å². The first-order chi connectivity index (χ1) is 7.58. The zero-order valence-electron chi connectivity index (χ0n) is 10.2. The molecule has 16 heavy (non-hydrogen) atoms. The molecule has 0 saturated carbocycles. The Morgan fingerprint density at radius 2 is 2.31 bits per heavy atom. The Labute approximate surface area is 96.4 Å². The van der Waals surface area contributed by atoms with E-state index in [0.29, 0.717) is 0 Å². The van der Waals surface area contributed by atoms with Crippen LogP contribution in [0.15, 0.2) is 12.3 Å². The fourth-order valence-corrected chi connectivity index (χ4v) is 2.33. The molecule has 1 atom stereocenters. The van der Waals surface area contributed by atoms with Crippen LogP contribution in [0.25, 0.3) is 0 Å². The Bertz CT molecular complexity index is 393. The van der Waals surface area contributed by atoms with Gasteiger partial charge in [0, 0.05) is 18.4 Å². The van der Waals surface area contributed by atoms with Crippen molar-refractivity contribution in [2.45, 2.75) is 52.2 Å². The van der Waals surface area contributed by atoms with Crippen LogP contribution < -0.4 is 0 Å². The summed E-state index contributed by atoms with van der Waals surface area (Å²) in [7, 11) is 0. The number of carbonyl (C=O) groups is 1. The highest BCUT2D eigenvalue weighted by Gasteiger charge is 2.28. The molecule has 0 amide bonds. The van der Waals surface area contributed by atoms with E-state index in [4.69, 9.17) is 4.74 Å². The van der Waals surface area contributed by atoms with E-state index in [1.165, 1.54) is 5.56 Å². The van der Waals surface area contributed by atoms with Crippen LogP contribution in [0.5, 0.6) is 0 Å². The van der Waals surface area contributed by atoms with Crippen LogP contribution in [-0.4, -0.2) is 16.6 Å². The van der Waals surface area contributed by atoms with Crippen LogP contribution in [-0.2, 0) is 16.1 Å². The molecule has 2 rings (SSSR count). The average Bonchev–Trinajstić information content (AvgIpc) is 2.55. The van der Waals surface area contributed by atoms with Crippen molar-refractivity contribution in [2.24, 2.45) is 0 Å². The largest absolute Gasteiger partial charge is 0.462 e. The predicted molar refractivity (Wildman–Crippen MR) is 62.4 cm³/mol. The highest BCUT2D eigenvalue weighted by atomic mass is 16.5. The van der Waals surface area contributed by atoms with Gasteiger partial charge in [-0.05, 0) is 45.2 Å². The van der Waals surface area contributed by atoms with E-state index in [9.17, 15) is 4.79 Å². The fraction of sp³-hybridized carbons (Fsp3) is 0.615. The minimum Gasteiger partial charge on any atom is -0.462 e. The number of rotatable bonds is 2. The van der Waals surface area contributed by atoms with Gasteiger partial charge in [0.15, 0.2) is 0 Å². The van der Waals surface area contributed by atoms with Crippen LogP contribution in [0.1, 0.15) is 43.9 Å². The summed E-state index contributed by atoms with van der Waals surface area (Å²) in [5.74, 6) is -0.140. The average molecular weight is 221 g/mol. The molecule has 1 aromatic rings. The minimum absolute atomic E-state index is 0.0288. The lowest BCUT2D eigenvalue weighted by atomic mass is 9.96. The zero-order valence-corrected chi connectivity index (χ0v) is 10.2. The lowest BCUT2D eigenvalue weighted by Crippen LogP contribution is -2.25. The fourth-order valence-electron chi connectivity index (χ4n) is 2.33. The molecule has 0 fully saturated rings. The summed E-state index contributed by atoms with van der Waals surface area (Å²) in [6.45, 7) is 6.88. The molecule has 3 heteroatoms. The Kier molecular flexibility index (Phi) is 3.03. The van der Waals surface area contributed by atoms with Crippen molar-refractivity contribution in [3.63, 3.8) is 0 Å². The number of aromatic nitrogens is 1. The first-order valence-corrected chi connectivity index (χ1v) is 5.95. The van der Waals surface area contributed by atoms with Crippen molar-refractivity contribution < 1.29 is 9.53 Å². The first-order valence-electron chi connectivity index (χ1n) is 5.95. The Morgan fingerprint density at radius 1 is 1.56 bits per heavy atom. The van der Waals surface area contributed by atoms with E-state index in [1.807, 2.05) is 13.8 Å². The molecule has 0 aliphatic carbocycles. The Hall–Kier alpha value is -1.25. The molecule has 0 aromatic carbocycles. The molecule has 0 bridgehead atoms. The van der Waals surface area contributed by atoms with Crippen LogP contribution >= 0.6 is 0 Å². The topological polar surface area (TPSA) is 31.2 Å². The maximum atomic E-state index is 11.9. The molecule has 0 saturated heterocycles. The van der Waals surface area contributed by atoms with E-state index in [2.05, 4.69) is 23.8 Å². The highest BCUT2D eigenvalue weighted by molar-refractivity contribution is 5.78. The molecular formula is C13H19NO2. The molecule has 1 unspecified atom stereocenters. The maximum Gasteiger partial charge on any atom is 0.315 e. The summed E-state index contributed by atoms with van der Waals surface area (Å²) >= 11 is 0. The number of ether oxygens (including phenoxy) is 1. The molecule has 1 aliphatic rings. The molecule has 0 spiro atoms. The van der Waals surface area contributed by atoms with Gasteiger partial charge >= 0.3 is 5.97 Å². The summed E-state index contributed by atoms with van der Waals surface area (Å²) in [5.41, 5.74) is 2.34. The second-order valence-corrected chi connectivity index (χ2v) is 4.82. The van der Waals surface area contributed by atoms with E-state index >= 15 is 0 Å². The van der Waals surface area contributed by atoms with Gasteiger partial charge in [-0.2, -0.15) is 0 Å². The number of nitrogens with zero attached hydrogens (tertiary/aromatic N) is 1. The van der Waals surface area contributed by atoms with Gasteiger partial charge in [-0.1, -0.05) is 0 Å². The third kappa shape index (κ3) is 2.13.